The summed E-state index contributed by atoms with van der Waals surface area (Å²) in [5.41, 5.74) is 3.61. The molecule has 0 saturated carbocycles. The molecule has 2 aromatic carbocycles. The standard InChI is InChI=1S/C25H32N4O5/c1-26-17-33-16-25(31)29-20-7-6-18-12-21(28-22(18)13-20)15-27-19-8-9-23(32-2)24(14-19)34-11-5-3-4-10-30/h6-10,13-15,21,26,28H,3-5,11-12,16-17H2,1-2H3,(H,29,31)/b27-15-. The summed E-state index contributed by atoms with van der Waals surface area (Å²) in [5, 5.41) is 9.10. The number of benzene rings is 2. The number of nitrogens with zero attached hydrogens (tertiary/aromatic N) is 1. The number of aldehydes is 1. The van der Waals surface area contributed by atoms with Crippen LogP contribution in [0.15, 0.2) is 41.4 Å². The van der Waals surface area contributed by atoms with E-state index in [9.17, 15) is 9.59 Å². The van der Waals surface area contributed by atoms with Crippen molar-refractivity contribution in [3.8, 4) is 11.5 Å². The maximum Gasteiger partial charge on any atom is 0.250 e. The zero-order valence-electron chi connectivity index (χ0n) is 19.6. The summed E-state index contributed by atoms with van der Waals surface area (Å²) in [6, 6.07) is 11.4. The number of aliphatic imine (C=N–C) groups is 1. The molecule has 1 aliphatic heterocycles. The summed E-state index contributed by atoms with van der Waals surface area (Å²) < 4.78 is 16.4. The van der Waals surface area contributed by atoms with Gasteiger partial charge in [0.25, 0.3) is 0 Å². The molecule has 0 aliphatic carbocycles. The Balaban J connectivity index is 1.56. The van der Waals surface area contributed by atoms with Crippen molar-refractivity contribution < 1.29 is 23.8 Å². The molecule has 0 spiro atoms. The number of methoxy groups -OCH3 is 1. The molecule has 0 aromatic heterocycles. The SMILES string of the molecule is CNCOCC(=O)Nc1ccc2c(c1)NC(/C=N\c1ccc(OC)c(OCCCCC=O)c1)C2. The second-order valence-corrected chi connectivity index (χ2v) is 7.85. The van der Waals surface area contributed by atoms with Crippen LogP contribution in [-0.4, -0.2) is 58.6 Å². The summed E-state index contributed by atoms with van der Waals surface area (Å²) in [5.74, 6) is 1.07. The van der Waals surface area contributed by atoms with E-state index in [0.29, 0.717) is 36.9 Å². The molecular weight excluding hydrogens is 436 g/mol. The highest BCUT2D eigenvalue weighted by Crippen LogP contribution is 2.32. The number of hydrogen-bond donors (Lipinski definition) is 3. The van der Waals surface area contributed by atoms with E-state index in [2.05, 4.69) is 20.9 Å². The first-order valence-corrected chi connectivity index (χ1v) is 11.3. The highest BCUT2D eigenvalue weighted by Gasteiger charge is 2.19. The molecule has 1 amide bonds. The van der Waals surface area contributed by atoms with Gasteiger partial charge in [0.15, 0.2) is 11.5 Å². The van der Waals surface area contributed by atoms with Gasteiger partial charge in [-0.15, -0.1) is 0 Å². The Kier molecular flexibility index (Phi) is 9.87. The number of hydrogen-bond acceptors (Lipinski definition) is 8. The number of fused-ring (bicyclic) bond motifs is 1. The lowest BCUT2D eigenvalue weighted by Crippen LogP contribution is -2.22. The van der Waals surface area contributed by atoms with Crippen LogP contribution in [0, 0.1) is 0 Å². The van der Waals surface area contributed by atoms with Crippen molar-refractivity contribution in [2.24, 2.45) is 4.99 Å². The number of amides is 1. The normalized spacial score (nSPS) is 14.5. The number of carbonyl (C=O) groups is 2. The molecule has 9 nitrogen and oxygen atoms in total. The largest absolute Gasteiger partial charge is 0.493 e. The summed E-state index contributed by atoms with van der Waals surface area (Å²) in [4.78, 5) is 27.0. The van der Waals surface area contributed by atoms with Gasteiger partial charge < -0.3 is 29.6 Å². The lowest BCUT2D eigenvalue weighted by atomic mass is 10.1. The number of ether oxygens (including phenoxy) is 3. The van der Waals surface area contributed by atoms with Crippen molar-refractivity contribution in [2.45, 2.75) is 31.7 Å². The topological polar surface area (TPSA) is 110 Å². The minimum absolute atomic E-state index is 0.00700. The van der Waals surface area contributed by atoms with Crippen molar-refractivity contribution in [3.05, 3.63) is 42.0 Å². The van der Waals surface area contributed by atoms with Crippen LogP contribution in [0.1, 0.15) is 24.8 Å². The minimum atomic E-state index is -0.201. The van der Waals surface area contributed by atoms with E-state index in [1.165, 1.54) is 0 Å². The van der Waals surface area contributed by atoms with Crippen molar-refractivity contribution in [1.29, 1.82) is 0 Å². The Hall–Kier alpha value is -3.43. The lowest BCUT2D eigenvalue weighted by molar-refractivity contribution is -0.120. The van der Waals surface area contributed by atoms with Gasteiger partial charge in [0.1, 0.15) is 12.9 Å². The first kappa shape index (κ1) is 25.2. The zero-order valence-corrected chi connectivity index (χ0v) is 19.6. The maximum absolute atomic E-state index is 12.0. The number of unbranched alkanes of at least 4 members (excludes halogenated alkanes) is 2. The molecule has 1 unspecified atom stereocenters. The summed E-state index contributed by atoms with van der Waals surface area (Å²) in [6.07, 6.45) is 5.73. The highest BCUT2D eigenvalue weighted by atomic mass is 16.5. The molecule has 9 heteroatoms. The first-order valence-electron chi connectivity index (χ1n) is 11.3. The second kappa shape index (κ2) is 13.3. The smallest absolute Gasteiger partial charge is 0.250 e. The van der Waals surface area contributed by atoms with Crippen molar-refractivity contribution in [2.75, 3.05) is 44.7 Å². The highest BCUT2D eigenvalue weighted by molar-refractivity contribution is 5.92. The summed E-state index contributed by atoms with van der Waals surface area (Å²) >= 11 is 0. The van der Waals surface area contributed by atoms with E-state index in [1.807, 2.05) is 42.6 Å². The third-order valence-corrected chi connectivity index (χ3v) is 5.18. The Morgan fingerprint density at radius 3 is 2.88 bits per heavy atom. The number of rotatable bonds is 14. The average molecular weight is 469 g/mol. The molecule has 1 heterocycles. The van der Waals surface area contributed by atoms with E-state index in [-0.39, 0.29) is 18.6 Å². The van der Waals surface area contributed by atoms with E-state index in [4.69, 9.17) is 14.2 Å². The zero-order chi connectivity index (χ0) is 24.2. The first-order chi connectivity index (χ1) is 16.6. The summed E-state index contributed by atoms with van der Waals surface area (Å²) in [7, 11) is 3.36. The molecule has 34 heavy (non-hydrogen) atoms. The van der Waals surface area contributed by atoms with Gasteiger partial charge in [-0.05, 0) is 56.1 Å². The molecule has 0 radical (unpaired) electrons. The monoisotopic (exact) mass is 468 g/mol. The second-order valence-electron chi connectivity index (χ2n) is 7.85. The average Bonchev–Trinajstić information content (AvgIpc) is 3.25. The molecule has 0 saturated heterocycles. The molecule has 0 bridgehead atoms. The fraction of sp³-hybridized carbons (Fsp3) is 0.400. The Morgan fingerprint density at radius 2 is 2.09 bits per heavy atom. The fourth-order valence-electron chi connectivity index (χ4n) is 3.53. The van der Waals surface area contributed by atoms with Gasteiger partial charge in [-0.2, -0.15) is 0 Å². The van der Waals surface area contributed by atoms with Crippen LogP contribution in [0.3, 0.4) is 0 Å². The van der Waals surface area contributed by atoms with Crippen LogP contribution in [0.5, 0.6) is 11.5 Å². The molecule has 0 fully saturated rings. The van der Waals surface area contributed by atoms with Gasteiger partial charge >= 0.3 is 0 Å². The van der Waals surface area contributed by atoms with Crippen LogP contribution in [-0.2, 0) is 20.7 Å². The lowest BCUT2D eigenvalue weighted by Gasteiger charge is -2.11. The molecule has 1 aliphatic rings. The van der Waals surface area contributed by atoms with Gasteiger partial charge in [-0.25, -0.2) is 0 Å². The minimum Gasteiger partial charge on any atom is -0.493 e. The van der Waals surface area contributed by atoms with Gasteiger partial charge in [0.2, 0.25) is 5.91 Å². The summed E-state index contributed by atoms with van der Waals surface area (Å²) in [6.45, 7) is 0.827. The Morgan fingerprint density at radius 1 is 1.21 bits per heavy atom. The molecule has 1 atom stereocenters. The number of anilines is 2. The van der Waals surface area contributed by atoms with Crippen LogP contribution < -0.4 is 25.4 Å². The third-order valence-electron chi connectivity index (χ3n) is 5.18. The van der Waals surface area contributed by atoms with Crippen molar-refractivity contribution >= 4 is 35.5 Å². The number of nitrogens with one attached hydrogen (secondary N) is 3. The van der Waals surface area contributed by atoms with Crippen molar-refractivity contribution in [1.82, 2.24) is 5.32 Å². The molecular formula is C25H32N4O5. The van der Waals surface area contributed by atoms with Crippen LogP contribution in [0.2, 0.25) is 0 Å². The Bertz CT molecular complexity index is 995. The van der Waals surface area contributed by atoms with E-state index < -0.39 is 0 Å². The molecule has 2 aromatic rings. The predicted octanol–water partition coefficient (Wildman–Crippen LogP) is 3.31. The predicted molar refractivity (Wildman–Crippen MR) is 133 cm³/mol. The molecule has 182 valence electrons. The Labute approximate surface area is 199 Å². The van der Waals surface area contributed by atoms with E-state index >= 15 is 0 Å². The van der Waals surface area contributed by atoms with Gasteiger partial charge in [0.05, 0.1) is 32.2 Å². The van der Waals surface area contributed by atoms with E-state index in [0.717, 1.165) is 42.5 Å². The van der Waals surface area contributed by atoms with Gasteiger partial charge in [-0.3, -0.25) is 15.1 Å². The van der Waals surface area contributed by atoms with Gasteiger partial charge in [-0.1, -0.05) is 6.07 Å². The molecule has 3 rings (SSSR count). The van der Waals surface area contributed by atoms with E-state index in [1.54, 1.807) is 14.2 Å². The van der Waals surface area contributed by atoms with Crippen LogP contribution >= 0.6 is 0 Å². The van der Waals surface area contributed by atoms with Crippen molar-refractivity contribution in [3.63, 3.8) is 0 Å². The fourth-order valence-corrected chi connectivity index (χ4v) is 3.53. The van der Waals surface area contributed by atoms with Crippen LogP contribution in [0.25, 0.3) is 0 Å². The maximum atomic E-state index is 12.0. The van der Waals surface area contributed by atoms with Gasteiger partial charge in [0, 0.05) is 30.1 Å². The quantitative estimate of drug-likeness (QED) is 0.169. The molecule has 3 N–H and O–H groups in total. The number of carbonyl (C=O) groups excluding carboxylic acids is 2. The van der Waals surface area contributed by atoms with Crippen LogP contribution in [0.4, 0.5) is 17.1 Å². The third kappa shape index (κ3) is 7.57.